The molecule has 0 atom stereocenters. The van der Waals surface area contributed by atoms with Gasteiger partial charge in [-0.15, -0.1) is 0 Å². The molecule has 1 aromatic carbocycles. The molecule has 1 saturated heterocycles. The van der Waals surface area contributed by atoms with E-state index >= 15 is 0 Å². The first-order valence-electron chi connectivity index (χ1n) is 11.7. The standard InChI is InChI=1S/C25H29N5O3/c1-4-30-22-21(23(31)27-25(30)33)18(14-19(26-22)17-8-9-17)24(32)29-12-10-28(11-13-29)20-7-5-6-15(2)16(20)3/h5-7,14,17H,4,8-13H2,1-3H3,(H,27,31,33). The highest BCUT2D eigenvalue weighted by Crippen LogP contribution is 2.40. The van der Waals surface area contributed by atoms with E-state index < -0.39 is 11.2 Å². The lowest BCUT2D eigenvalue weighted by molar-refractivity contribution is 0.0748. The first-order chi connectivity index (χ1) is 15.9. The number of nitrogens with one attached hydrogen (secondary N) is 1. The van der Waals surface area contributed by atoms with E-state index in [1.165, 1.54) is 21.4 Å². The van der Waals surface area contributed by atoms with Crippen molar-refractivity contribution in [3.8, 4) is 0 Å². The van der Waals surface area contributed by atoms with Crippen molar-refractivity contribution in [1.29, 1.82) is 0 Å². The van der Waals surface area contributed by atoms with Crippen LogP contribution in [0.4, 0.5) is 5.69 Å². The van der Waals surface area contributed by atoms with Crippen molar-refractivity contribution in [2.75, 3.05) is 31.1 Å². The number of aryl methyl sites for hydroxylation is 2. The van der Waals surface area contributed by atoms with E-state index in [1.807, 2.05) is 11.8 Å². The summed E-state index contributed by atoms with van der Waals surface area (Å²) in [6, 6.07) is 8.08. The molecule has 0 unspecified atom stereocenters. The van der Waals surface area contributed by atoms with Crippen LogP contribution in [0.1, 0.15) is 52.9 Å². The molecule has 8 heteroatoms. The van der Waals surface area contributed by atoms with Gasteiger partial charge in [0.2, 0.25) is 0 Å². The van der Waals surface area contributed by atoms with Crippen molar-refractivity contribution < 1.29 is 4.79 Å². The average Bonchev–Trinajstić information content (AvgIpc) is 3.66. The zero-order chi connectivity index (χ0) is 23.3. The topological polar surface area (TPSA) is 91.3 Å². The van der Waals surface area contributed by atoms with E-state index in [2.05, 4.69) is 46.9 Å². The Morgan fingerprint density at radius 1 is 1.12 bits per heavy atom. The van der Waals surface area contributed by atoms with Gasteiger partial charge in [0.15, 0.2) is 5.65 Å². The molecule has 1 saturated carbocycles. The molecule has 3 aromatic rings. The lowest BCUT2D eigenvalue weighted by Gasteiger charge is -2.37. The molecule has 1 N–H and O–H groups in total. The van der Waals surface area contributed by atoms with Gasteiger partial charge in [0.25, 0.3) is 11.5 Å². The zero-order valence-corrected chi connectivity index (χ0v) is 19.4. The highest BCUT2D eigenvalue weighted by Gasteiger charge is 2.31. The number of amides is 1. The van der Waals surface area contributed by atoms with E-state index in [0.29, 0.717) is 36.8 Å². The third-order valence-electron chi connectivity index (χ3n) is 6.99. The van der Waals surface area contributed by atoms with Crippen LogP contribution >= 0.6 is 0 Å². The summed E-state index contributed by atoms with van der Waals surface area (Å²) in [5, 5.41) is 0.211. The maximum atomic E-state index is 13.6. The van der Waals surface area contributed by atoms with E-state index in [0.717, 1.165) is 31.6 Å². The molecule has 0 spiro atoms. The fourth-order valence-electron chi connectivity index (χ4n) is 4.74. The SMILES string of the molecule is CCn1c(=O)[nH]c(=O)c2c(C(=O)N3CCN(c4cccc(C)c4C)CC3)cc(C3CC3)nc21. The summed E-state index contributed by atoms with van der Waals surface area (Å²) in [6.45, 7) is 9.03. The van der Waals surface area contributed by atoms with Gasteiger partial charge in [0, 0.05) is 50.0 Å². The first kappa shape index (κ1) is 21.4. The molecule has 5 rings (SSSR count). The summed E-state index contributed by atoms with van der Waals surface area (Å²) < 4.78 is 1.44. The third kappa shape index (κ3) is 3.73. The number of pyridine rings is 1. The van der Waals surface area contributed by atoms with Gasteiger partial charge in [-0.05, 0) is 56.9 Å². The van der Waals surface area contributed by atoms with E-state index in [-0.39, 0.29) is 11.3 Å². The smallest absolute Gasteiger partial charge is 0.329 e. The Bertz CT molecular complexity index is 1360. The van der Waals surface area contributed by atoms with E-state index in [9.17, 15) is 14.4 Å². The summed E-state index contributed by atoms with van der Waals surface area (Å²) in [6.07, 6.45) is 2.03. The summed E-state index contributed by atoms with van der Waals surface area (Å²) in [5.41, 5.74) is 4.14. The number of piperazine rings is 1. The Labute approximate surface area is 191 Å². The third-order valence-corrected chi connectivity index (χ3v) is 6.99. The number of fused-ring (bicyclic) bond motifs is 1. The van der Waals surface area contributed by atoms with Gasteiger partial charge in [-0.25, -0.2) is 9.78 Å². The van der Waals surface area contributed by atoms with Gasteiger partial charge in [-0.1, -0.05) is 12.1 Å². The maximum absolute atomic E-state index is 13.6. The van der Waals surface area contributed by atoms with Crippen LogP contribution in [0.3, 0.4) is 0 Å². The Morgan fingerprint density at radius 2 is 1.85 bits per heavy atom. The fourth-order valence-corrected chi connectivity index (χ4v) is 4.74. The number of anilines is 1. The second kappa shape index (κ2) is 8.17. The quantitative estimate of drug-likeness (QED) is 0.664. The average molecular weight is 448 g/mol. The number of benzene rings is 1. The monoisotopic (exact) mass is 447 g/mol. The van der Waals surface area contributed by atoms with Gasteiger partial charge in [0.05, 0.1) is 10.9 Å². The van der Waals surface area contributed by atoms with Crippen molar-refractivity contribution in [2.24, 2.45) is 0 Å². The van der Waals surface area contributed by atoms with Crippen LogP contribution in [0, 0.1) is 13.8 Å². The molecule has 8 nitrogen and oxygen atoms in total. The molecule has 33 heavy (non-hydrogen) atoms. The van der Waals surface area contributed by atoms with Crippen LogP contribution in [0.25, 0.3) is 11.0 Å². The molecule has 172 valence electrons. The number of hydrogen-bond donors (Lipinski definition) is 1. The molecule has 0 bridgehead atoms. The van der Waals surface area contributed by atoms with E-state index in [4.69, 9.17) is 0 Å². The maximum Gasteiger partial charge on any atom is 0.329 e. The van der Waals surface area contributed by atoms with Gasteiger partial charge in [-0.2, -0.15) is 0 Å². The molecule has 1 aliphatic carbocycles. The summed E-state index contributed by atoms with van der Waals surface area (Å²) in [7, 11) is 0. The lowest BCUT2D eigenvalue weighted by atomic mass is 10.1. The highest BCUT2D eigenvalue weighted by molar-refractivity contribution is 6.05. The number of hydrogen-bond acceptors (Lipinski definition) is 5. The normalized spacial score (nSPS) is 16.5. The minimum absolute atomic E-state index is 0.170. The zero-order valence-electron chi connectivity index (χ0n) is 19.4. The number of aromatic amines is 1. The number of rotatable bonds is 4. The van der Waals surface area contributed by atoms with Crippen molar-refractivity contribution in [2.45, 2.75) is 46.1 Å². The van der Waals surface area contributed by atoms with Crippen molar-refractivity contribution in [1.82, 2.24) is 19.4 Å². The second-order valence-corrected chi connectivity index (χ2v) is 9.07. The summed E-state index contributed by atoms with van der Waals surface area (Å²) >= 11 is 0. The summed E-state index contributed by atoms with van der Waals surface area (Å²) in [4.78, 5) is 49.9. The van der Waals surface area contributed by atoms with Crippen LogP contribution in [-0.4, -0.2) is 51.5 Å². The molecular weight excluding hydrogens is 418 g/mol. The largest absolute Gasteiger partial charge is 0.368 e. The molecule has 1 amide bonds. The van der Waals surface area contributed by atoms with Crippen molar-refractivity contribution in [3.05, 3.63) is 67.5 Å². The summed E-state index contributed by atoms with van der Waals surface area (Å²) in [5.74, 6) is 0.124. The minimum atomic E-state index is -0.549. The molecule has 2 aromatic heterocycles. The lowest BCUT2D eigenvalue weighted by Crippen LogP contribution is -2.49. The van der Waals surface area contributed by atoms with Crippen molar-refractivity contribution >= 4 is 22.6 Å². The predicted molar refractivity (Wildman–Crippen MR) is 128 cm³/mol. The van der Waals surface area contributed by atoms with Gasteiger partial charge >= 0.3 is 5.69 Å². The predicted octanol–water partition coefficient (Wildman–Crippen LogP) is 2.56. The Balaban J connectivity index is 1.49. The van der Waals surface area contributed by atoms with Gasteiger partial charge < -0.3 is 9.80 Å². The number of nitrogens with zero attached hydrogens (tertiary/aromatic N) is 4. The van der Waals surface area contributed by atoms with Crippen LogP contribution in [-0.2, 0) is 6.54 Å². The molecule has 0 radical (unpaired) electrons. The Kier molecular flexibility index (Phi) is 5.31. The van der Waals surface area contributed by atoms with Crippen LogP contribution in [0.2, 0.25) is 0 Å². The molecule has 2 aliphatic rings. The number of carbonyl (C=O) groups excluding carboxylic acids is 1. The highest BCUT2D eigenvalue weighted by atomic mass is 16.2. The van der Waals surface area contributed by atoms with Crippen LogP contribution < -0.4 is 16.1 Å². The van der Waals surface area contributed by atoms with Gasteiger partial charge in [0.1, 0.15) is 0 Å². The Hall–Kier alpha value is -3.42. The Morgan fingerprint density at radius 3 is 2.52 bits per heavy atom. The second-order valence-electron chi connectivity index (χ2n) is 9.07. The van der Waals surface area contributed by atoms with Gasteiger partial charge in [-0.3, -0.25) is 19.1 Å². The fraction of sp³-hybridized carbons (Fsp3) is 0.440. The van der Waals surface area contributed by atoms with E-state index in [1.54, 1.807) is 6.07 Å². The molecular formula is C25H29N5O3. The first-order valence-corrected chi connectivity index (χ1v) is 11.7. The number of H-pyrrole nitrogens is 1. The molecule has 3 heterocycles. The minimum Gasteiger partial charge on any atom is -0.368 e. The van der Waals surface area contributed by atoms with Crippen LogP contribution in [0.15, 0.2) is 33.9 Å². The molecule has 1 aliphatic heterocycles. The van der Waals surface area contributed by atoms with Crippen molar-refractivity contribution in [3.63, 3.8) is 0 Å². The molecule has 2 fully saturated rings. The number of carbonyl (C=O) groups is 1. The van der Waals surface area contributed by atoms with Crippen LogP contribution in [0.5, 0.6) is 0 Å². The number of aromatic nitrogens is 3.